The Labute approximate surface area is 122 Å². The van der Waals surface area contributed by atoms with Crippen molar-refractivity contribution in [2.45, 2.75) is 26.4 Å². The van der Waals surface area contributed by atoms with Crippen LogP contribution in [0, 0.1) is 6.92 Å². The first-order valence-corrected chi connectivity index (χ1v) is 7.65. The lowest BCUT2D eigenvalue weighted by molar-refractivity contribution is 0.169. The van der Waals surface area contributed by atoms with Crippen molar-refractivity contribution >= 4 is 11.3 Å². The SMILES string of the molecule is Cc1csc(C(C)NCc2cccc3c2OCCO3)n1. The molecule has 106 valence electrons. The van der Waals surface area contributed by atoms with E-state index in [0.29, 0.717) is 13.2 Å². The number of aromatic nitrogens is 1. The standard InChI is InChI=1S/C15H18N2O2S/c1-10-9-20-15(17-10)11(2)16-8-12-4-3-5-13-14(12)19-7-6-18-13/h3-5,9,11,16H,6-8H2,1-2H3. The van der Waals surface area contributed by atoms with Gasteiger partial charge in [0.15, 0.2) is 11.5 Å². The predicted molar refractivity (Wildman–Crippen MR) is 79.5 cm³/mol. The van der Waals surface area contributed by atoms with Gasteiger partial charge in [0.05, 0.1) is 6.04 Å². The molecule has 1 aliphatic heterocycles. The second-order valence-electron chi connectivity index (χ2n) is 4.87. The molecule has 0 bridgehead atoms. The Bertz CT molecular complexity index is 597. The van der Waals surface area contributed by atoms with E-state index in [1.807, 2.05) is 19.1 Å². The molecule has 5 heteroatoms. The normalized spacial score (nSPS) is 15.1. The topological polar surface area (TPSA) is 43.4 Å². The van der Waals surface area contributed by atoms with E-state index in [0.717, 1.165) is 34.3 Å². The highest BCUT2D eigenvalue weighted by Gasteiger charge is 2.16. The van der Waals surface area contributed by atoms with Gasteiger partial charge in [-0.3, -0.25) is 0 Å². The van der Waals surface area contributed by atoms with Crippen LogP contribution in [-0.2, 0) is 6.54 Å². The Kier molecular flexibility index (Phi) is 3.89. The number of hydrogen-bond acceptors (Lipinski definition) is 5. The van der Waals surface area contributed by atoms with Crippen LogP contribution >= 0.6 is 11.3 Å². The molecular weight excluding hydrogens is 272 g/mol. The molecule has 0 radical (unpaired) electrons. The number of thiazole rings is 1. The molecule has 1 aromatic heterocycles. The summed E-state index contributed by atoms with van der Waals surface area (Å²) in [4.78, 5) is 4.51. The highest BCUT2D eigenvalue weighted by atomic mass is 32.1. The van der Waals surface area contributed by atoms with E-state index in [2.05, 4.69) is 28.7 Å². The second kappa shape index (κ2) is 5.81. The van der Waals surface area contributed by atoms with E-state index in [9.17, 15) is 0 Å². The minimum absolute atomic E-state index is 0.231. The van der Waals surface area contributed by atoms with Gasteiger partial charge in [-0.15, -0.1) is 11.3 Å². The molecule has 3 rings (SSSR count). The fraction of sp³-hybridized carbons (Fsp3) is 0.400. The summed E-state index contributed by atoms with van der Waals surface area (Å²) in [6.45, 7) is 6.13. The number of fused-ring (bicyclic) bond motifs is 1. The van der Waals surface area contributed by atoms with Crippen molar-refractivity contribution in [2.75, 3.05) is 13.2 Å². The van der Waals surface area contributed by atoms with Crippen LogP contribution in [0.3, 0.4) is 0 Å². The molecule has 1 atom stereocenters. The quantitative estimate of drug-likeness (QED) is 0.940. The number of ether oxygens (including phenoxy) is 2. The summed E-state index contributed by atoms with van der Waals surface area (Å²) in [5, 5.41) is 6.68. The fourth-order valence-electron chi connectivity index (χ4n) is 2.19. The van der Waals surface area contributed by atoms with Crippen molar-refractivity contribution in [1.29, 1.82) is 0 Å². The zero-order valence-corrected chi connectivity index (χ0v) is 12.5. The van der Waals surface area contributed by atoms with Gasteiger partial charge in [-0.2, -0.15) is 0 Å². The molecule has 2 heterocycles. The minimum atomic E-state index is 0.231. The highest BCUT2D eigenvalue weighted by Crippen LogP contribution is 2.33. The molecule has 0 spiro atoms. The number of nitrogens with zero attached hydrogens (tertiary/aromatic N) is 1. The first-order chi connectivity index (χ1) is 9.74. The van der Waals surface area contributed by atoms with Crippen LogP contribution in [0.15, 0.2) is 23.6 Å². The minimum Gasteiger partial charge on any atom is -0.486 e. The third kappa shape index (κ3) is 2.78. The van der Waals surface area contributed by atoms with Gasteiger partial charge in [0.1, 0.15) is 18.2 Å². The molecule has 0 fully saturated rings. The molecule has 0 aliphatic carbocycles. The summed E-state index contributed by atoms with van der Waals surface area (Å²) in [6, 6.07) is 6.25. The molecule has 1 aromatic carbocycles. The zero-order valence-electron chi connectivity index (χ0n) is 11.7. The van der Waals surface area contributed by atoms with E-state index in [-0.39, 0.29) is 6.04 Å². The van der Waals surface area contributed by atoms with Gasteiger partial charge in [0, 0.05) is 23.2 Å². The van der Waals surface area contributed by atoms with Crippen LogP contribution in [0.2, 0.25) is 0 Å². The first kappa shape index (κ1) is 13.4. The first-order valence-electron chi connectivity index (χ1n) is 6.77. The van der Waals surface area contributed by atoms with Crippen LogP contribution in [0.25, 0.3) is 0 Å². The van der Waals surface area contributed by atoms with Crippen molar-refractivity contribution in [2.24, 2.45) is 0 Å². The lowest BCUT2D eigenvalue weighted by atomic mass is 10.1. The summed E-state index contributed by atoms with van der Waals surface area (Å²) in [5.74, 6) is 1.71. The molecule has 0 saturated heterocycles. The molecule has 1 N–H and O–H groups in total. The molecule has 4 nitrogen and oxygen atoms in total. The monoisotopic (exact) mass is 290 g/mol. The van der Waals surface area contributed by atoms with Gasteiger partial charge >= 0.3 is 0 Å². The number of rotatable bonds is 4. The van der Waals surface area contributed by atoms with Crippen molar-refractivity contribution in [3.8, 4) is 11.5 Å². The molecule has 0 amide bonds. The maximum absolute atomic E-state index is 5.72. The van der Waals surface area contributed by atoms with Crippen molar-refractivity contribution in [3.05, 3.63) is 39.8 Å². The third-order valence-corrected chi connectivity index (χ3v) is 4.40. The summed E-state index contributed by atoms with van der Waals surface area (Å²) in [7, 11) is 0. The number of aryl methyl sites for hydroxylation is 1. The molecular formula is C15H18N2O2S. The van der Waals surface area contributed by atoms with Crippen LogP contribution < -0.4 is 14.8 Å². The average molecular weight is 290 g/mol. The maximum Gasteiger partial charge on any atom is 0.165 e. The lowest BCUT2D eigenvalue weighted by Crippen LogP contribution is -2.21. The van der Waals surface area contributed by atoms with Crippen molar-refractivity contribution in [3.63, 3.8) is 0 Å². The molecule has 1 unspecified atom stereocenters. The largest absolute Gasteiger partial charge is 0.486 e. The average Bonchev–Trinajstić information content (AvgIpc) is 2.91. The van der Waals surface area contributed by atoms with Gasteiger partial charge in [-0.1, -0.05) is 12.1 Å². The zero-order chi connectivity index (χ0) is 13.9. The number of nitrogens with one attached hydrogen (secondary N) is 1. The highest BCUT2D eigenvalue weighted by molar-refractivity contribution is 7.09. The number of benzene rings is 1. The summed E-state index contributed by atoms with van der Waals surface area (Å²) < 4.78 is 11.3. The van der Waals surface area contributed by atoms with Crippen molar-refractivity contribution < 1.29 is 9.47 Å². The van der Waals surface area contributed by atoms with Gasteiger partial charge in [0.25, 0.3) is 0 Å². The van der Waals surface area contributed by atoms with E-state index in [1.165, 1.54) is 0 Å². The Morgan fingerprint density at radius 3 is 3.00 bits per heavy atom. The summed E-state index contributed by atoms with van der Waals surface area (Å²) in [5.41, 5.74) is 2.20. The molecule has 20 heavy (non-hydrogen) atoms. The van der Waals surface area contributed by atoms with Crippen LogP contribution in [0.4, 0.5) is 0 Å². The van der Waals surface area contributed by atoms with E-state index in [1.54, 1.807) is 11.3 Å². The Hall–Kier alpha value is -1.59. The maximum atomic E-state index is 5.72. The third-order valence-electron chi connectivity index (χ3n) is 3.25. The number of para-hydroxylation sites is 1. The van der Waals surface area contributed by atoms with E-state index < -0.39 is 0 Å². The Morgan fingerprint density at radius 2 is 2.20 bits per heavy atom. The summed E-state index contributed by atoms with van der Waals surface area (Å²) in [6.07, 6.45) is 0. The molecule has 0 saturated carbocycles. The van der Waals surface area contributed by atoms with E-state index >= 15 is 0 Å². The van der Waals surface area contributed by atoms with E-state index in [4.69, 9.17) is 9.47 Å². The summed E-state index contributed by atoms with van der Waals surface area (Å²) >= 11 is 1.69. The Balaban J connectivity index is 1.69. The fourth-order valence-corrected chi connectivity index (χ4v) is 3.02. The van der Waals surface area contributed by atoms with Crippen LogP contribution in [0.5, 0.6) is 11.5 Å². The molecule has 2 aromatic rings. The molecule has 1 aliphatic rings. The smallest absolute Gasteiger partial charge is 0.165 e. The predicted octanol–water partition coefficient (Wildman–Crippen LogP) is 3.07. The van der Waals surface area contributed by atoms with Crippen LogP contribution in [0.1, 0.15) is 29.2 Å². The Morgan fingerprint density at radius 1 is 1.35 bits per heavy atom. The second-order valence-corrected chi connectivity index (χ2v) is 5.76. The number of hydrogen-bond donors (Lipinski definition) is 1. The van der Waals surface area contributed by atoms with Gasteiger partial charge in [-0.25, -0.2) is 4.98 Å². The van der Waals surface area contributed by atoms with Crippen molar-refractivity contribution in [1.82, 2.24) is 10.3 Å². The van der Waals surface area contributed by atoms with Gasteiger partial charge < -0.3 is 14.8 Å². The van der Waals surface area contributed by atoms with Gasteiger partial charge in [0.2, 0.25) is 0 Å². The van der Waals surface area contributed by atoms with Crippen LogP contribution in [-0.4, -0.2) is 18.2 Å². The lowest BCUT2D eigenvalue weighted by Gasteiger charge is -2.21. The van der Waals surface area contributed by atoms with Gasteiger partial charge in [-0.05, 0) is 19.9 Å².